The fourth-order valence-corrected chi connectivity index (χ4v) is 3.45. The highest BCUT2D eigenvalue weighted by Gasteiger charge is 2.23. The van der Waals surface area contributed by atoms with Crippen molar-refractivity contribution in [2.75, 3.05) is 6.54 Å². The minimum absolute atomic E-state index is 0.0361. The lowest BCUT2D eigenvalue weighted by molar-refractivity contribution is 0.0684. The number of hydrogen-bond acceptors (Lipinski definition) is 4. The summed E-state index contributed by atoms with van der Waals surface area (Å²) in [7, 11) is 1.53. The third-order valence-electron chi connectivity index (χ3n) is 5.03. The van der Waals surface area contributed by atoms with Gasteiger partial charge in [-0.15, -0.1) is 0 Å². The quantitative estimate of drug-likeness (QED) is 0.709. The zero-order valence-electron chi connectivity index (χ0n) is 16.3. The van der Waals surface area contributed by atoms with E-state index in [0.29, 0.717) is 12.1 Å². The van der Waals surface area contributed by atoms with E-state index in [-0.39, 0.29) is 23.0 Å². The number of benzene rings is 1. The van der Waals surface area contributed by atoms with Crippen LogP contribution in [-0.2, 0) is 13.5 Å². The number of carbonyl (C=O) groups excluding carboxylic acids is 1. The Kier molecular flexibility index (Phi) is 5.73. The van der Waals surface area contributed by atoms with Crippen molar-refractivity contribution in [2.24, 2.45) is 7.05 Å². The number of aromatic amines is 1. The maximum absolute atomic E-state index is 13.2. The summed E-state index contributed by atoms with van der Waals surface area (Å²) >= 11 is 0. The number of pyridine rings is 1. The second kappa shape index (κ2) is 8.21. The first-order valence-corrected chi connectivity index (χ1v) is 9.40. The van der Waals surface area contributed by atoms with Crippen molar-refractivity contribution in [1.29, 1.82) is 0 Å². The summed E-state index contributed by atoms with van der Waals surface area (Å²) in [6, 6.07) is 11.6. The Morgan fingerprint density at radius 1 is 1.21 bits per heavy atom. The molecule has 1 atom stereocenters. The number of hydrogen-bond donors (Lipinski definition) is 1. The average molecular weight is 380 g/mol. The third-order valence-corrected chi connectivity index (χ3v) is 5.03. The van der Waals surface area contributed by atoms with Gasteiger partial charge in [0.25, 0.3) is 11.5 Å². The number of aryl methyl sites for hydroxylation is 1. The molecule has 1 unspecified atom stereocenters. The van der Waals surface area contributed by atoms with E-state index in [1.165, 1.54) is 29.4 Å². The summed E-state index contributed by atoms with van der Waals surface area (Å²) in [5.41, 5.74) is 0.686. The SMILES string of the molecule is CCC(Cc1ccccc1)N(CC)C(=O)c1cnc2c(c1)c(=O)[nH]c(=O)n2C. The molecule has 3 aromatic rings. The lowest BCUT2D eigenvalue weighted by Crippen LogP contribution is -2.41. The lowest BCUT2D eigenvalue weighted by atomic mass is 10.0. The first-order chi connectivity index (χ1) is 13.5. The molecule has 1 amide bonds. The molecule has 7 heteroatoms. The van der Waals surface area contributed by atoms with Gasteiger partial charge in [0.2, 0.25) is 0 Å². The van der Waals surface area contributed by atoms with Gasteiger partial charge < -0.3 is 4.90 Å². The van der Waals surface area contributed by atoms with E-state index in [1.807, 2.05) is 30.0 Å². The van der Waals surface area contributed by atoms with E-state index in [4.69, 9.17) is 0 Å². The predicted octanol–water partition coefficient (Wildman–Crippen LogP) is 2.11. The number of fused-ring (bicyclic) bond motifs is 1. The molecule has 0 aliphatic rings. The van der Waals surface area contributed by atoms with Gasteiger partial charge in [-0.2, -0.15) is 0 Å². The number of rotatable bonds is 6. The molecule has 3 rings (SSSR count). The highest BCUT2D eigenvalue weighted by atomic mass is 16.2. The summed E-state index contributed by atoms with van der Waals surface area (Å²) in [6.07, 6.45) is 3.00. The molecule has 2 aromatic heterocycles. The maximum atomic E-state index is 13.2. The first kappa shape index (κ1) is 19.5. The standard InChI is InChI=1S/C21H24N4O3/c1-4-16(11-14-9-7-6-8-10-14)25(5-2)20(27)15-12-17-18(22-13-15)24(3)21(28)23-19(17)26/h6-10,12-13,16H,4-5,11H2,1-3H3,(H,23,26,28). The van der Waals surface area contributed by atoms with Crippen LogP contribution in [0.15, 0.2) is 52.2 Å². The summed E-state index contributed by atoms with van der Waals surface area (Å²) in [5, 5.41) is 0.222. The Morgan fingerprint density at radius 2 is 1.93 bits per heavy atom. The Morgan fingerprint density at radius 3 is 2.57 bits per heavy atom. The van der Waals surface area contributed by atoms with Crippen LogP contribution >= 0.6 is 0 Å². The van der Waals surface area contributed by atoms with Crippen LogP contribution in [0.5, 0.6) is 0 Å². The minimum atomic E-state index is -0.542. The zero-order valence-corrected chi connectivity index (χ0v) is 16.3. The molecule has 2 heterocycles. The number of likely N-dealkylation sites (N-methyl/N-ethyl adjacent to an activating group) is 1. The smallest absolute Gasteiger partial charge is 0.329 e. The van der Waals surface area contributed by atoms with Gasteiger partial charge in [0, 0.05) is 25.8 Å². The molecule has 0 aliphatic heterocycles. The topological polar surface area (TPSA) is 88.1 Å². The molecule has 0 bridgehead atoms. The molecule has 146 valence electrons. The molecule has 0 fully saturated rings. The second-order valence-electron chi connectivity index (χ2n) is 6.76. The highest BCUT2D eigenvalue weighted by Crippen LogP contribution is 2.17. The Balaban J connectivity index is 1.96. The molecule has 1 N–H and O–H groups in total. The fraction of sp³-hybridized carbons (Fsp3) is 0.333. The minimum Gasteiger partial charge on any atom is -0.336 e. The van der Waals surface area contributed by atoms with Crippen LogP contribution in [0.2, 0.25) is 0 Å². The van der Waals surface area contributed by atoms with Crippen molar-refractivity contribution in [3.05, 3.63) is 74.6 Å². The molecule has 7 nitrogen and oxygen atoms in total. The first-order valence-electron chi connectivity index (χ1n) is 9.40. The highest BCUT2D eigenvalue weighted by molar-refractivity contribution is 5.97. The lowest BCUT2D eigenvalue weighted by Gasteiger charge is -2.30. The molecular weight excluding hydrogens is 356 g/mol. The van der Waals surface area contributed by atoms with Gasteiger partial charge in [0.1, 0.15) is 5.65 Å². The third kappa shape index (κ3) is 3.74. The summed E-state index contributed by atoms with van der Waals surface area (Å²) in [4.78, 5) is 45.3. The van der Waals surface area contributed by atoms with Crippen LogP contribution in [-0.4, -0.2) is 37.9 Å². The van der Waals surface area contributed by atoms with Crippen molar-refractivity contribution in [2.45, 2.75) is 32.7 Å². The van der Waals surface area contributed by atoms with E-state index >= 15 is 0 Å². The van der Waals surface area contributed by atoms with Crippen molar-refractivity contribution >= 4 is 16.9 Å². The van der Waals surface area contributed by atoms with Crippen LogP contribution in [0.3, 0.4) is 0 Å². The van der Waals surface area contributed by atoms with Crippen molar-refractivity contribution < 1.29 is 4.79 Å². The van der Waals surface area contributed by atoms with Gasteiger partial charge >= 0.3 is 5.69 Å². The zero-order chi connectivity index (χ0) is 20.3. The summed E-state index contributed by atoms with van der Waals surface area (Å²) < 4.78 is 1.26. The Hall–Kier alpha value is -3.22. The van der Waals surface area contributed by atoms with Crippen LogP contribution in [0.25, 0.3) is 11.0 Å². The van der Waals surface area contributed by atoms with Gasteiger partial charge in [-0.05, 0) is 31.4 Å². The van der Waals surface area contributed by atoms with Gasteiger partial charge in [-0.25, -0.2) is 9.78 Å². The van der Waals surface area contributed by atoms with Crippen molar-refractivity contribution in [3.8, 4) is 0 Å². The molecule has 0 aliphatic carbocycles. The second-order valence-corrected chi connectivity index (χ2v) is 6.76. The predicted molar refractivity (Wildman–Crippen MR) is 109 cm³/mol. The summed E-state index contributed by atoms with van der Waals surface area (Å²) in [5.74, 6) is -0.173. The van der Waals surface area contributed by atoms with E-state index in [2.05, 4.69) is 29.0 Å². The number of carbonyl (C=O) groups is 1. The van der Waals surface area contributed by atoms with E-state index in [9.17, 15) is 14.4 Å². The van der Waals surface area contributed by atoms with Gasteiger partial charge in [0.15, 0.2) is 0 Å². The Labute approximate surface area is 162 Å². The van der Waals surface area contributed by atoms with Crippen LogP contribution in [0, 0.1) is 0 Å². The summed E-state index contributed by atoms with van der Waals surface area (Å²) in [6.45, 7) is 4.55. The van der Waals surface area contributed by atoms with Crippen molar-refractivity contribution in [1.82, 2.24) is 19.4 Å². The van der Waals surface area contributed by atoms with Gasteiger partial charge in [-0.1, -0.05) is 37.3 Å². The largest absolute Gasteiger partial charge is 0.336 e. The van der Waals surface area contributed by atoms with E-state index in [0.717, 1.165) is 12.8 Å². The molecule has 1 aromatic carbocycles. The fourth-order valence-electron chi connectivity index (χ4n) is 3.45. The Bertz CT molecular complexity index is 1100. The molecule has 0 saturated heterocycles. The van der Waals surface area contributed by atoms with E-state index < -0.39 is 11.2 Å². The number of aromatic nitrogens is 3. The monoisotopic (exact) mass is 380 g/mol. The van der Waals surface area contributed by atoms with Crippen LogP contribution < -0.4 is 11.2 Å². The van der Waals surface area contributed by atoms with Gasteiger partial charge in [0.05, 0.1) is 10.9 Å². The number of amides is 1. The van der Waals surface area contributed by atoms with Gasteiger partial charge in [-0.3, -0.25) is 19.1 Å². The molecule has 0 radical (unpaired) electrons. The molecule has 28 heavy (non-hydrogen) atoms. The average Bonchev–Trinajstić information content (AvgIpc) is 2.72. The molecule has 0 spiro atoms. The number of H-pyrrole nitrogens is 1. The maximum Gasteiger partial charge on any atom is 0.329 e. The number of nitrogens with zero attached hydrogens (tertiary/aromatic N) is 3. The van der Waals surface area contributed by atoms with Crippen molar-refractivity contribution in [3.63, 3.8) is 0 Å². The number of nitrogens with one attached hydrogen (secondary N) is 1. The van der Waals surface area contributed by atoms with Crippen LogP contribution in [0.1, 0.15) is 36.2 Å². The molecule has 0 saturated carbocycles. The molecular formula is C21H24N4O3. The van der Waals surface area contributed by atoms with Crippen LogP contribution in [0.4, 0.5) is 0 Å². The van der Waals surface area contributed by atoms with E-state index in [1.54, 1.807) is 0 Å². The normalized spacial score (nSPS) is 12.1.